The third kappa shape index (κ3) is 5.32. The standard InChI is InChI=1S/C17H27N3O3/c1-21-11-10-19-17(18)20-12-13-6-5-9-15(22-2)16(13)23-14-7-3-4-8-14/h5-6,9,14H,3-4,7-8,10-12H2,1-2H3,(H3,18,19,20). The lowest BCUT2D eigenvalue weighted by Crippen LogP contribution is -2.34. The number of nitrogens with one attached hydrogen (secondary N) is 1. The van der Waals surface area contributed by atoms with Crippen LogP contribution in [0.1, 0.15) is 31.2 Å². The molecule has 6 nitrogen and oxygen atoms in total. The van der Waals surface area contributed by atoms with Gasteiger partial charge in [0.05, 0.1) is 26.4 Å². The van der Waals surface area contributed by atoms with Crippen LogP contribution in [0.2, 0.25) is 0 Å². The van der Waals surface area contributed by atoms with Gasteiger partial charge in [-0.25, -0.2) is 4.99 Å². The number of ether oxygens (including phenoxy) is 3. The van der Waals surface area contributed by atoms with Gasteiger partial charge >= 0.3 is 0 Å². The van der Waals surface area contributed by atoms with Gasteiger partial charge in [0.15, 0.2) is 17.5 Å². The molecule has 0 radical (unpaired) electrons. The van der Waals surface area contributed by atoms with Crippen LogP contribution in [0.15, 0.2) is 23.2 Å². The van der Waals surface area contributed by atoms with Gasteiger partial charge in [0.25, 0.3) is 0 Å². The minimum atomic E-state index is 0.270. The summed E-state index contributed by atoms with van der Waals surface area (Å²) in [6.45, 7) is 1.67. The molecule has 1 aromatic carbocycles. The highest BCUT2D eigenvalue weighted by Crippen LogP contribution is 2.35. The second-order valence-corrected chi connectivity index (χ2v) is 5.59. The quantitative estimate of drug-likeness (QED) is 0.435. The fourth-order valence-electron chi connectivity index (χ4n) is 2.66. The van der Waals surface area contributed by atoms with Gasteiger partial charge in [-0.05, 0) is 31.7 Å². The van der Waals surface area contributed by atoms with E-state index in [0.717, 1.165) is 29.9 Å². The maximum atomic E-state index is 6.18. The van der Waals surface area contributed by atoms with Crippen LogP contribution in [0, 0.1) is 0 Å². The minimum absolute atomic E-state index is 0.270. The van der Waals surface area contributed by atoms with Crippen molar-refractivity contribution in [3.63, 3.8) is 0 Å². The predicted molar refractivity (Wildman–Crippen MR) is 91.1 cm³/mol. The second kappa shape index (κ2) is 9.25. The van der Waals surface area contributed by atoms with Crippen molar-refractivity contribution in [1.29, 1.82) is 0 Å². The number of nitrogens with zero attached hydrogens (tertiary/aromatic N) is 1. The van der Waals surface area contributed by atoms with E-state index in [1.54, 1.807) is 14.2 Å². The number of methoxy groups -OCH3 is 2. The molecule has 2 rings (SSSR count). The van der Waals surface area contributed by atoms with Gasteiger partial charge in [-0.3, -0.25) is 0 Å². The van der Waals surface area contributed by atoms with Crippen molar-refractivity contribution in [3.8, 4) is 11.5 Å². The van der Waals surface area contributed by atoms with E-state index in [2.05, 4.69) is 10.3 Å². The highest BCUT2D eigenvalue weighted by molar-refractivity contribution is 5.77. The summed E-state index contributed by atoms with van der Waals surface area (Å²) in [6.07, 6.45) is 4.92. The molecule has 0 atom stereocenters. The molecule has 1 aromatic rings. The first-order valence-corrected chi connectivity index (χ1v) is 8.10. The van der Waals surface area contributed by atoms with E-state index in [1.165, 1.54) is 12.8 Å². The number of guanidine groups is 1. The highest BCUT2D eigenvalue weighted by Gasteiger charge is 2.20. The van der Waals surface area contributed by atoms with Crippen molar-refractivity contribution in [2.24, 2.45) is 10.7 Å². The van der Waals surface area contributed by atoms with Crippen LogP contribution in [-0.4, -0.2) is 39.4 Å². The normalized spacial score (nSPS) is 15.7. The maximum Gasteiger partial charge on any atom is 0.189 e. The molecule has 0 aromatic heterocycles. The zero-order chi connectivity index (χ0) is 16.5. The zero-order valence-corrected chi connectivity index (χ0v) is 14.0. The Bertz CT molecular complexity index is 514. The summed E-state index contributed by atoms with van der Waals surface area (Å²) in [6, 6.07) is 5.86. The van der Waals surface area contributed by atoms with E-state index < -0.39 is 0 Å². The molecule has 0 aliphatic heterocycles. The van der Waals surface area contributed by atoms with Crippen molar-refractivity contribution in [3.05, 3.63) is 23.8 Å². The predicted octanol–water partition coefficient (Wildman–Crippen LogP) is 2.07. The number of nitrogens with two attached hydrogens (primary N) is 1. The Balaban J connectivity index is 2.05. The average Bonchev–Trinajstić information content (AvgIpc) is 3.07. The third-order valence-electron chi connectivity index (χ3n) is 3.90. The Morgan fingerprint density at radius 2 is 2.09 bits per heavy atom. The molecule has 1 aliphatic rings. The molecule has 128 valence electrons. The molecule has 23 heavy (non-hydrogen) atoms. The van der Waals surface area contributed by atoms with E-state index in [-0.39, 0.29) is 6.10 Å². The van der Waals surface area contributed by atoms with E-state index in [9.17, 15) is 0 Å². The van der Waals surface area contributed by atoms with Crippen LogP contribution < -0.4 is 20.5 Å². The first-order valence-electron chi connectivity index (χ1n) is 8.10. The van der Waals surface area contributed by atoms with Crippen molar-refractivity contribution in [2.45, 2.75) is 38.3 Å². The molecule has 0 unspecified atom stereocenters. The number of rotatable bonds is 8. The fourth-order valence-corrected chi connectivity index (χ4v) is 2.66. The molecule has 0 heterocycles. The highest BCUT2D eigenvalue weighted by atomic mass is 16.5. The van der Waals surface area contributed by atoms with E-state index in [4.69, 9.17) is 19.9 Å². The first-order chi connectivity index (χ1) is 11.2. The van der Waals surface area contributed by atoms with Crippen LogP contribution in [0.4, 0.5) is 0 Å². The monoisotopic (exact) mass is 321 g/mol. The summed E-state index contributed by atoms with van der Waals surface area (Å²) < 4.78 is 16.6. The molecule has 0 spiro atoms. The topological polar surface area (TPSA) is 78.1 Å². The Kier molecular flexibility index (Phi) is 7.00. The number of aliphatic imine (C=N–C) groups is 1. The van der Waals surface area contributed by atoms with Crippen LogP contribution in [0.5, 0.6) is 11.5 Å². The molecule has 6 heteroatoms. The lowest BCUT2D eigenvalue weighted by atomic mass is 10.1. The molecule has 0 bridgehead atoms. The zero-order valence-electron chi connectivity index (χ0n) is 14.0. The largest absolute Gasteiger partial charge is 0.493 e. The van der Waals surface area contributed by atoms with Crippen LogP contribution >= 0.6 is 0 Å². The maximum absolute atomic E-state index is 6.18. The van der Waals surface area contributed by atoms with E-state index >= 15 is 0 Å². The van der Waals surface area contributed by atoms with Crippen LogP contribution in [0.3, 0.4) is 0 Å². The van der Waals surface area contributed by atoms with E-state index in [1.807, 2.05) is 18.2 Å². The molecular weight excluding hydrogens is 294 g/mol. The lowest BCUT2D eigenvalue weighted by molar-refractivity contribution is 0.198. The first kappa shape index (κ1) is 17.4. The molecule has 3 N–H and O–H groups in total. The Morgan fingerprint density at radius 1 is 1.30 bits per heavy atom. The van der Waals surface area contributed by atoms with Gasteiger partial charge in [-0.2, -0.15) is 0 Å². The van der Waals surface area contributed by atoms with Gasteiger partial charge in [-0.15, -0.1) is 0 Å². The summed E-state index contributed by atoms with van der Waals surface area (Å²) in [5, 5.41) is 3.01. The van der Waals surface area contributed by atoms with Crippen molar-refractivity contribution >= 4 is 5.96 Å². The van der Waals surface area contributed by atoms with Gasteiger partial charge < -0.3 is 25.3 Å². The summed E-state index contributed by atoms with van der Waals surface area (Å²) in [5.74, 6) is 1.93. The number of hydrogen-bond donors (Lipinski definition) is 2. The summed E-state index contributed by atoms with van der Waals surface area (Å²) in [4.78, 5) is 4.37. The molecular formula is C17H27N3O3. The minimum Gasteiger partial charge on any atom is -0.493 e. The van der Waals surface area contributed by atoms with Gasteiger partial charge in [0.1, 0.15) is 0 Å². The van der Waals surface area contributed by atoms with Crippen LogP contribution in [-0.2, 0) is 11.3 Å². The summed E-state index contributed by atoms with van der Waals surface area (Å²) >= 11 is 0. The number of para-hydroxylation sites is 1. The molecule has 0 amide bonds. The Hall–Kier alpha value is -1.95. The van der Waals surface area contributed by atoms with Crippen molar-refractivity contribution in [2.75, 3.05) is 27.4 Å². The van der Waals surface area contributed by atoms with Crippen molar-refractivity contribution < 1.29 is 14.2 Å². The Labute approximate surface area is 138 Å². The van der Waals surface area contributed by atoms with Crippen LogP contribution in [0.25, 0.3) is 0 Å². The SMILES string of the molecule is COCCNC(N)=NCc1cccc(OC)c1OC1CCCC1. The summed E-state index contributed by atoms with van der Waals surface area (Å²) in [5.41, 5.74) is 6.84. The second-order valence-electron chi connectivity index (χ2n) is 5.59. The number of hydrogen-bond acceptors (Lipinski definition) is 4. The van der Waals surface area contributed by atoms with Gasteiger partial charge in [0, 0.05) is 19.2 Å². The third-order valence-corrected chi connectivity index (χ3v) is 3.90. The smallest absolute Gasteiger partial charge is 0.189 e. The Morgan fingerprint density at radius 3 is 2.78 bits per heavy atom. The van der Waals surface area contributed by atoms with Gasteiger partial charge in [-0.1, -0.05) is 12.1 Å². The lowest BCUT2D eigenvalue weighted by Gasteiger charge is -2.18. The molecule has 1 aliphatic carbocycles. The van der Waals surface area contributed by atoms with Gasteiger partial charge in [0.2, 0.25) is 0 Å². The van der Waals surface area contributed by atoms with E-state index in [0.29, 0.717) is 25.7 Å². The molecule has 1 saturated carbocycles. The number of benzene rings is 1. The molecule has 1 fully saturated rings. The fraction of sp³-hybridized carbons (Fsp3) is 0.588. The van der Waals surface area contributed by atoms with Crippen molar-refractivity contribution in [1.82, 2.24) is 5.32 Å². The average molecular weight is 321 g/mol. The molecule has 0 saturated heterocycles. The summed E-state index contributed by atoms with van der Waals surface area (Å²) in [7, 11) is 3.31.